The van der Waals surface area contributed by atoms with Gasteiger partial charge in [0.1, 0.15) is 11.5 Å². The van der Waals surface area contributed by atoms with Gasteiger partial charge in [-0.3, -0.25) is 4.90 Å². The zero-order chi connectivity index (χ0) is 17.5. The first kappa shape index (κ1) is 19.1. The van der Waals surface area contributed by atoms with Crippen LogP contribution in [0.3, 0.4) is 0 Å². The summed E-state index contributed by atoms with van der Waals surface area (Å²) in [7, 11) is 0. The van der Waals surface area contributed by atoms with Gasteiger partial charge < -0.3 is 10.2 Å². The minimum Gasteiger partial charge on any atom is -0.507 e. The van der Waals surface area contributed by atoms with Crippen LogP contribution in [0.5, 0.6) is 11.5 Å². The fourth-order valence-electron chi connectivity index (χ4n) is 3.72. The van der Waals surface area contributed by atoms with E-state index >= 15 is 0 Å². The number of likely N-dealkylation sites (tertiary alicyclic amines) is 1. The standard InChI is InChI=1S/C21H35NO2/c1-4-5-7-10-16(2)17(3)18-13-20(23)19(21(24)14-18)15-22-11-8-6-9-12-22/h13-14,16-17,23-24H,4-12,15H2,1-3H3. The Labute approximate surface area is 147 Å². The van der Waals surface area contributed by atoms with Gasteiger partial charge >= 0.3 is 0 Å². The van der Waals surface area contributed by atoms with Crippen molar-refractivity contribution in [3.05, 3.63) is 23.3 Å². The molecule has 0 aliphatic carbocycles. The molecule has 2 rings (SSSR count). The number of benzene rings is 1. The quantitative estimate of drug-likeness (QED) is 0.626. The monoisotopic (exact) mass is 333 g/mol. The highest BCUT2D eigenvalue weighted by Crippen LogP contribution is 2.36. The summed E-state index contributed by atoms with van der Waals surface area (Å²) in [6.45, 7) is 9.48. The van der Waals surface area contributed by atoms with E-state index in [-0.39, 0.29) is 11.5 Å². The van der Waals surface area contributed by atoms with Gasteiger partial charge in [-0.25, -0.2) is 0 Å². The van der Waals surface area contributed by atoms with Gasteiger partial charge in [-0.15, -0.1) is 0 Å². The minimum absolute atomic E-state index is 0.253. The number of piperidine rings is 1. The van der Waals surface area contributed by atoms with Gasteiger partial charge in [0.2, 0.25) is 0 Å². The molecule has 24 heavy (non-hydrogen) atoms. The lowest BCUT2D eigenvalue weighted by molar-refractivity contribution is 0.216. The molecule has 2 N–H and O–H groups in total. The first-order valence-corrected chi connectivity index (χ1v) is 9.80. The van der Waals surface area contributed by atoms with Crippen LogP contribution in [0, 0.1) is 5.92 Å². The lowest BCUT2D eigenvalue weighted by atomic mass is 9.85. The molecule has 2 unspecified atom stereocenters. The van der Waals surface area contributed by atoms with Gasteiger partial charge in [0.25, 0.3) is 0 Å². The molecule has 3 nitrogen and oxygen atoms in total. The second-order valence-electron chi connectivity index (χ2n) is 7.64. The summed E-state index contributed by atoms with van der Waals surface area (Å²) in [6.07, 6.45) is 8.70. The summed E-state index contributed by atoms with van der Waals surface area (Å²) in [6, 6.07) is 3.75. The zero-order valence-corrected chi connectivity index (χ0v) is 15.7. The fraction of sp³-hybridized carbons (Fsp3) is 0.714. The van der Waals surface area contributed by atoms with Crippen LogP contribution in [0.15, 0.2) is 12.1 Å². The highest BCUT2D eigenvalue weighted by molar-refractivity contribution is 5.47. The molecule has 1 aromatic carbocycles. The van der Waals surface area contributed by atoms with Crippen molar-refractivity contribution in [3.63, 3.8) is 0 Å². The zero-order valence-electron chi connectivity index (χ0n) is 15.7. The first-order chi connectivity index (χ1) is 11.5. The lowest BCUT2D eigenvalue weighted by Gasteiger charge is -2.27. The van der Waals surface area contributed by atoms with Gasteiger partial charge in [0, 0.05) is 12.1 Å². The van der Waals surface area contributed by atoms with Gasteiger partial charge in [-0.2, -0.15) is 0 Å². The average Bonchev–Trinajstić information content (AvgIpc) is 2.58. The Bertz CT molecular complexity index is 486. The van der Waals surface area contributed by atoms with Gasteiger partial charge in [-0.05, 0) is 55.5 Å². The largest absolute Gasteiger partial charge is 0.507 e. The summed E-state index contributed by atoms with van der Waals surface area (Å²) >= 11 is 0. The molecule has 1 heterocycles. The Morgan fingerprint density at radius 3 is 2.21 bits per heavy atom. The number of hydrogen-bond acceptors (Lipinski definition) is 3. The predicted octanol–water partition coefficient (Wildman–Crippen LogP) is 5.40. The molecule has 1 aliphatic heterocycles. The van der Waals surface area contributed by atoms with Crippen molar-refractivity contribution in [2.75, 3.05) is 13.1 Å². The molecule has 2 atom stereocenters. The van der Waals surface area contributed by atoms with E-state index in [1.807, 2.05) is 12.1 Å². The summed E-state index contributed by atoms with van der Waals surface area (Å²) in [5.41, 5.74) is 1.74. The minimum atomic E-state index is 0.253. The average molecular weight is 334 g/mol. The van der Waals surface area contributed by atoms with Crippen molar-refractivity contribution in [2.45, 2.75) is 78.2 Å². The van der Waals surface area contributed by atoms with Crippen molar-refractivity contribution in [1.29, 1.82) is 0 Å². The van der Waals surface area contributed by atoms with E-state index in [2.05, 4.69) is 25.7 Å². The molecule has 1 aromatic rings. The molecule has 1 saturated heterocycles. The molecule has 0 saturated carbocycles. The maximum atomic E-state index is 10.5. The van der Waals surface area contributed by atoms with Crippen LogP contribution in [0.4, 0.5) is 0 Å². The number of hydrogen-bond donors (Lipinski definition) is 2. The predicted molar refractivity (Wildman–Crippen MR) is 101 cm³/mol. The Hall–Kier alpha value is -1.22. The lowest BCUT2D eigenvalue weighted by Crippen LogP contribution is -2.29. The van der Waals surface area contributed by atoms with E-state index in [1.54, 1.807) is 0 Å². The Morgan fingerprint density at radius 2 is 1.62 bits per heavy atom. The second kappa shape index (κ2) is 9.31. The number of nitrogens with zero attached hydrogens (tertiary/aromatic N) is 1. The van der Waals surface area contributed by atoms with Crippen LogP contribution in [0.25, 0.3) is 0 Å². The Kier molecular flexibility index (Phi) is 7.41. The van der Waals surface area contributed by atoms with Crippen LogP contribution in [0.2, 0.25) is 0 Å². The van der Waals surface area contributed by atoms with Crippen molar-refractivity contribution in [3.8, 4) is 11.5 Å². The SMILES string of the molecule is CCCCCC(C)C(C)c1cc(O)c(CN2CCCCC2)c(O)c1. The van der Waals surface area contributed by atoms with E-state index in [0.717, 1.165) is 18.7 Å². The van der Waals surface area contributed by atoms with Crippen molar-refractivity contribution in [1.82, 2.24) is 4.90 Å². The molecule has 1 aliphatic rings. The summed E-state index contributed by atoms with van der Waals surface area (Å²) in [4.78, 5) is 2.33. The van der Waals surface area contributed by atoms with Crippen molar-refractivity contribution >= 4 is 0 Å². The molecule has 0 spiro atoms. The van der Waals surface area contributed by atoms with E-state index in [4.69, 9.17) is 0 Å². The van der Waals surface area contributed by atoms with Crippen LogP contribution in [0.1, 0.15) is 82.8 Å². The van der Waals surface area contributed by atoms with E-state index in [9.17, 15) is 10.2 Å². The van der Waals surface area contributed by atoms with Crippen molar-refractivity contribution in [2.24, 2.45) is 5.92 Å². The van der Waals surface area contributed by atoms with Gasteiger partial charge in [0.15, 0.2) is 0 Å². The number of aromatic hydroxyl groups is 2. The van der Waals surface area contributed by atoms with E-state index in [1.165, 1.54) is 44.9 Å². The highest BCUT2D eigenvalue weighted by Gasteiger charge is 2.20. The van der Waals surface area contributed by atoms with Crippen LogP contribution < -0.4 is 0 Å². The summed E-state index contributed by atoms with van der Waals surface area (Å²) in [5.74, 6) is 1.41. The Balaban J connectivity index is 2.04. The van der Waals surface area contributed by atoms with Gasteiger partial charge in [0.05, 0.1) is 0 Å². The molecule has 0 amide bonds. The van der Waals surface area contributed by atoms with Crippen LogP contribution in [-0.2, 0) is 6.54 Å². The van der Waals surface area contributed by atoms with Crippen molar-refractivity contribution < 1.29 is 10.2 Å². The number of phenolic OH excluding ortho intramolecular Hbond substituents is 2. The van der Waals surface area contributed by atoms with Crippen LogP contribution >= 0.6 is 0 Å². The molecule has 136 valence electrons. The number of rotatable bonds is 8. The molecule has 0 aromatic heterocycles. The normalized spacial score (nSPS) is 18.5. The summed E-state index contributed by atoms with van der Waals surface area (Å²) in [5, 5.41) is 20.9. The van der Waals surface area contributed by atoms with Gasteiger partial charge in [-0.1, -0.05) is 52.9 Å². The van der Waals surface area contributed by atoms with E-state index in [0.29, 0.717) is 23.9 Å². The maximum absolute atomic E-state index is 10.5. The topological polar surface area (TPSA) is 43.7 Å². The maximum Gasteiger partial charge on any atom is 0.124 e. The summed E-state index contributed by atoms with van der Waals surface area (Å²) < 4.78 is 0. The fourth-order valence-corrected chi connectivity index (χ4v) is 3.72. The number of phenols is 2. The Morgan fingerprint density at radius 1 is 1.00 bits per heavy atom. The third kappa shape index (κ3) is 5.14. The third-order valence-electron chi connectivity index (χ3n) is 5.70. The molecular formula is C21H35NO2. The van der Waals surface area contributed by atoms with Crippen LogP contribution in [-0.4, -0.2) is 28.2 Å². The molecule has 0 bridgehead atoms. The highest BCUT2D eigenvalue weighted by atomic mass is 16.3. The third-order valence-corrected chi connectivity index (χ3v) is 5.70. The van der Waals surface area contributed by atoms with E-state index < -0.39 is 0 Å². The molecule has 3 heteroatoms. The smallest absolute Gasteiger partial charge is 0.124 e. The molecule has 0 radical (unpaired) electrons. The molecule has 1 fully saturated rings. The number of unbranched alkanes of at least 4 members (excludes halogenated alkanes) is 2. The molecular weight excluding hydrogens is 298 g/mol. The second-order valence-corrected chi connectivity index (χ2v) is 7.64. The first-order valence-electron chi connectivity index (χ1n) is 9.80.